The molecule has 0 aromatic carbocycles. The molecule has 2 N–H and O–H groups in total. The summed E-state index contributed by atoms with van der Waals surface area (Å²) in [5, 5.41) is 12.3. The molecule has 1 unspecified atom stereocenters. The number of rotatable bonds is 5. The summed E-state index contributed by atoms with van der Waals surface area (Å²) in [6.45, 7) is 4.09. The lowest BCUT2D eigenvalue weighted by Crippen LogP contribution is -2.39. The molecule has 1 aromatic rings. The summed E-state index contributed by atoms with van der Waals surface area (Å²) in [6, 6.07) is -0.284. The van der Waals surface area contributed by atoms with Crippen molar-refractivity contribution < 1.29 is 14.7 Å². The van der Waals surface area contributed by atoms with Crippen LogP contribution in [0.15, 0.2) is 0 Å². The zero-order valence-corrected chi connectivity index (χ0v) is 12.5. The number of nitrogens with one attached hydrogen (secondary N) is 1. The van der Waals surface area contributed by atoms with Crippen molar-refractivity contribution in [3.63, 3.8) is 0 Å². The molecule has 6 nitrogen and oxygen atoms in total. The van der Waals surface area contributed by atoms with Crippen molar-refractivity contribution in [2.45, 2.75) is 33.1 Å². The Bertz CT molecular complexity index is 493. The lowest BCUT2D eigenvalue weighted by atomic mass is 10.2. The zero-order valence-electron chi connectivity index (χ0n) is 11.7. The molecule has 0 saturated heterocycles. The van der Waals surface area contributed by atoms with Gasteiger partial charge in [-0.25, -0.2) is 9.78 Å². The predicted molar refractivity (Wildman–Crippen MR) is 77.2 cm³/mol. The van der Waals surface area contributed by atoms with E-state index in [0.717, 1.165) is 25.0 Å². The highest BCUT2D eigenvalue weighted by molar-refractivity contribution is 7.15. The maximum Gasteiger partial charge on any atom is 0.323 e. The van der Waals surface area contributed by atoms with Crippen molar-refractivity contribution >= 4 is 28.5 Å². The van der Waals surface area contributed by atoms with Gasteiger partial charge in [0.25, 0.3) is 0 Å². The molecule has 1 heterocycles. The third-order valence-electron chi connectivity index (χ3n) is 3.39. The second-order valence-corrected chi connectivity index (χ2v) is 6.03. The number of hydrogen-bond acceptors (Lipinski definition) is 4. The van der Waals surface area contributed by atoms with Crippen LogP contribution in [0.1, 0.15) is 30.8 Å². The molecule has 20 heavy (non-hydrogen) atoms. The minimum absolute atomic E-state index is 0.197. The summed E-state index contributed by atoms with van der Waals surface area (Å²) < 4.78 is 0. The first-order valence-electron chi connectivity index (χ1n) is 6.78. The second-order valence-electron chi connectivity index (χ2n) is 4.95. The van der Waals surface area contributed by atoms with Crippen LogP contribution in [0.5, 0.6) is 0 Å². The number of hydrogen-bond donors (Lipinski definition) is 2. The molecular formula is C13H19N3O3S. The van der Waals surface area contributed by atoms with Crippen molar-refractivity contribution in [2.24, 2.45) is 5.92 Å². The number of aromatic nitrogens is 1. The van der Waals surface area contributed by atoms with E-state index in [1.807, 2.05) is 6.92 Å². The number of carbonyl (C=O) groups is 2. The topological polar surface area (TPSA) is 82.5 Å². The zero-order chi connectivity index (χ0) is 14.7. The Hall–Kier alpha value is -1.63. The van der Waals surface area contributed by atoms with Crippen molar-refractivity contribution in [2.75, 3.05) is 18.4 Å². The fraction of sp³-hybridized carbons (Fsp3) is 0.615. The molecule has 0 bridgehead atoms. The van der Waals surface area contributed by atoms with E-state index in [1.54, 1.807) is 6.92 Å². The highest BCUT2D eigenvalue weighted by Gasteiger charge is 2.22. The first-order chi connectivity index (χ1) is 9.51. The molecule has 0 fully saturated rings. The van der Waals surface area contributed by atoms with Gasteiger partial charge in [0.15, 0.2) is 5.13 Å². The molecule has 1 aromatic heterocycles. The number of carboxylic acids is 1. The van der Waals surface area contributed by atoms with Crippen LogP contribution in [0.25, 0.3) is 0 Å². The Balaban J connectivity index is 1.96. The Morgan fingerprint density at radius 2 is 2.25 bits per heavy atom. The van der Waals surface area contributed by atoms with Gasteiger partial charge in [0, 0.05) is 18.0 Å². The number of fused-ring (bicyclic) bond motifs is 1. The van der Waals surface area contributed by atoms with E-state index in [9.17, 15) is 9.59 Å². The van der Waals surface area contributed by atoms with Crippen LogP contribution in [-0.4, -0.2) is 40.1 Å². The Kier molecular flexibility index (Phi) is 4.59. The van der Waals surface area contributed by atoms with E-state index < -0.39 is 11.9 Å². The predicted octanol–water partition coefficient (Wildman–Crippen LogP) is 2.21. The van der Waals surface area contributed by atoms with Crippen LogP contribution in [0.2, 0.25) is 0 Å². The SMILES string of the molecule is CCN(CC(C)C(=O)O)C(=O)Nc1nc2c(s1)CCC2. The number of carbonyl (C=O) groups excluding carboxylic acids is 1. The smallest absolute Gasteiger partial charge is 0.323 e. The van der Waals surface area contributed by atoms with Gasteiger partial charge in [-0.15, -0.1) is 11.3 Å². The lowest BCUT2D eigenvalue weighted by molar-refractivity contribution is -0.141. The maximum atomic E-state index is 12.1. The van der Waals surface area contributed by atoms with Crippen molar-refractivity contribution in [3.05, 3.63) is 10.6 Å². The average Bonchev–Trinajstić information content (AvgIpc) is 2.95. The normalized spacial score (nSPS) is 14.7. The molecule has 1 aliphatic carbocycles. The van der Waals surface area contributed by atoms with Crippen LogP contribution in [0.3, 0.4) is 0 Å². The van der Waals surface area contributed by atoms with Crippen LogP contribution in [-0.2, 0) is 17.6 Å². The van der Waals surface area contributed by atoms with E-state index in [4.69, 9.17) is 5.11 Å². The van der Waals surface area contributed by atoms with Gasteiger partial charge in [0.2, 0.25) is 0 Å². The van der Waals surface area contributed by atoms with Gasteiger partial charge >= 0.3 is 12.0 Å². The monoisotopic (exact) mass is 297 g/mol. The minimum atomic E-state index is -0.899. The van der Waals surface area contributed by atoms with Crippen molar-refractivity contribution in [1.29, 1.82) is 0 Å². The molecular weight excluding hydrogens is 278 g/mol. The quantitative estimate of drug-likeness (QED) is 0.873. The standard InChI is InChI=1S/C13H19N3O3S/c1-3-16(7-8(2)11(17)18)13(19)15-12-14-9-5-4-6-10(9)20-12/h8H,3-7H2,1-2H3,(H,17,18)(H,14,15,19). The van der Waals surface area contributed by atoms with Crippen LogP contribution < -0.4 is 5.32 Å². The number of aryl methyl sites for hydroxylation is 2. The van der Waals surface area contributed by atoms with E-state index >= 15 is 0 Å². The highest BCUT2D eigenvalue weighted by atomic mass is 32.1. The maximum absolute atomic E-state index is 12.1. The van der Waals surface area contributed by atoms with E-state index in [1.165, 1.54) is 21.1 Å². The number of carboxylic acid groups (broad SMARTS) is 1. The number of thiazole rings is 1. The van der Waals surface area contributed by atoms with Crippen LogP contribution >= 0.6 is 11.3 Å². The van der Waals surface area contributed by atoms with Crippen LogP contribution in [0.4, 0.5) is 9.93 Å². The summed E-state index contributed by atoms with van der Waals surface area (Å²) in [5.41, 5.74) is 1.09. The molecule has 0 aliphatic heterocycles. The number of urea groups is 1. The number of nitrogens with zero attached hydrogens (tertiary/aromatic N) is 2. The molecule has 1 aliphatic rings. The fourth-order valence-corrected chi connectivity index (χ4v) is 3.22. The van der Waals surface area contributed by atoms with Gasteiger partial charge in [0.1, 0.15) is 0 Å². The summed E-state index contributed by atoms with van der Waals surface area (Å²) >= 11 is 1.52. The van der Waals surface area contributed by atoms with E-state index in [0.29, 0.717) is 11.7 Å². The lowest BCUT2D eigenvalue weighted by Gasteiger charge is -2.22. The number of amides is 2. The summed E-state index contributed by atoms with van der Waals surface area (Å²) in [4.78, 5) is 30.1. The summed E-state index contributed by atoms with van der Waals surface area (Å²) in [5.74, 6) is -1.48. The van der Waals surface area contributed by atoms with Gasteiger partial charge in [-0.3, -0.25) is 10.1 Å². The molecule has 0 spiro atoms. The number of anilines is 1. The van der Waals surface area contributed by atoms with Gasteiger partial charge in [-0.1, -0.05) is 6.92 Å². The van der Waals surface area contributed by atoms with E-state index in [2.05, 4.69) is 10.3 Å². The molecule has 110 valence electrons. The summed E-state index contributed by atoms with van der Waals surface area (Å²) in [7, 11) is 0. The van der Waals surface area contributed by atoms with Gasteiger partial charge in [0.05, 0.1) is 11.6 Å². The molecule has 0 saturated carbocycles. The first kappa shape index (κ1) is 14.8. The molecule has 7 heteroatoms. The fourth-order valence-electron chi connectivity index (χ4n) is 2.18. The Morgan fingerprint density at radius 1 is 1.50 bits per heavy atom. The minimum Gasteiger partial charge on any atom is -0.481 e. The Morgan fingerprint density at radius 3 is 2.85 bits per heavy atom. The molecule has 0 radical (unpaired) electrons. The highest BCUT2D eigenvalue weighted by Crippen LogP contribution is 2.30. The van der Waals surface area contributed by atoms with E-state index in [-0.39, 0.29) is 12.6 Å². The Labute approximate surface area is 121 Å². The largest absolute Gasteiger partial charge is 0.481 e. The molecule has 1 atom stereocenters. The third-order valence-corrected chi connectivity index (χ3v) is 4.47. The average molecular weight is 297 g/mol. The summed E-state index contributed by atoms with van der Waals surface area (Å²) in [6.07, 6.45) is 3.16. The van der Waals surface area contributed by atoms with Crippen molar-refractivity contribution in [3.8, 4) is 0 Å². The second kappa shape index (κ2) is 6.21. The van der Waals surface area contributed by atoms with Crippen LogP contribution in [0, 0.1) is 5.92 Å². The van der Waals surface area contributed by atoms with Gasteiger partial charge in [-0.05, 0) is 26.2 Å². The van der Waals surface area contributed by atoms with Crippen molar-refractivity contribution in [1.82, 2.24) is 9.88 Å². The van der Waals surface area contributed by atoms with Gasteiger partial charge in [-0.2, -0.15) is 0 Å². The first-order valence-corrected chi connectivity index (χ1v) is 7.60. The molecule has 2 amide bonds. The number of aliphatic carboxylic acids is 1. The van der Waals surface area contributed by atoms with Gasteiger partial charge < -0.3 is 10.0 Å². The molecule has 2 rings (SSSR count). The third kappa shape index (κ3) is 3.27.